The topological polar surface area (TPSA) is 162 Å². The number of rotatable bonds is 18. The van der Waals surface area contributed by atoms with Gasteiger partial charge in [-0.25, -0.2) is 4.98 Å². The monoisotopic (exact) mass is 790 g/mol. The van der Waals surface area contributed by atoms with Crippen molar-refractivity contribution >= 4 is 58.1 Å². The standard InChI is InChI=1S/C42H58N6O5S2/c1-5-27(4)36(40(52)44-25-30-16-11-12-20-43-30)47-38(50)31(26(2)3)24-35(49)34(23-28-13-7-6-8-14-28)46-41(53)37(42-54-21-22-55-42)48-39(51)33-19-18-29-15-9-10-17-32(29)45-33/h9-12,15-20,26-28,31,34-37,42,49H,5-8,13-14,21-25H2,1-4H3,(H,44,52)(H,46,53)(H,47,50)(H,48,51)/t27-,31+,34+,35+,36+,37-/m1/s1. The molecule has 0 spiro atoms. The summed E-state index contributed by atoms with van der Waals surface area (Å²) in [4.78, 5) is 64.2. The van der Waals surface area contributed by atoms with Gasteiger partial charge in [-0.1, -0.05) is 96.6 Å². The number of pyridine rings is 2. The lowest BCUT2D eigenvalue weighted by Crippen LogP contribution is -2.56. The number of thioether (sulfide) groups is 2. The third-order valence-electron chi connectivity index (χ3n) is 11.0. The second-order valence-corrected chi connectivity index (χ2v) is 18.2. The van der Waals surface area contributed by atoms with Crippen LogP contribution in [-0.4, -0.2) is 79.0 Å². The predicted molar refractivity (Wildman–Crippen MR) is 221 cm³/mol. The summed E-state index contributed by atoms with van der Waals surface area (Å²) in [5.41, 5.74) is 1.65. The number of nitrogens with one attached hydrogen (secondary N) is 4. The van der Waals surface area contributed by atoms with Crippen molar-refractivity contribution in [2.24, 2.45) is 23.7 Å². The van der Waals surface area contributed by atoms with Crippen LogP contribution < -0.4 is 21.3 Å². The van der Waals surface area contributed by atoms with Crippen LogP contribution in [0.3, 0.4) is 0 Å². The highest BCUT2D eigenvalue weighted by Crippen LogP contribution is 2.35. The number of nitrogens with zero attached hydrogens (tertiary/aromatic N) is 2. The molecule has 298 valence electrons. The van der Waals surface area contributed by atoms with E-state index < -0.39 is 36.1 Å². The van der Waals surface area contributed by atoms with Gasteiger partial charge in [0.2, 0.25) is 17.7 Å². The zero-order valence-electron chi connectivity index (χ0n) is 32.5. The first-order chi connectivity index (χ1) is 26.5. The normalized spacial score (nSPS) is 18.5. The maximum absolute atomic E-state index is 14.3. The molecule has 2 aliphatic rings. The Hall–Kier alpha value is -3.68. The maximum Gasteiger partial charge on any atom is 0.270 e. The van der Waals surface area contributed by atoms with Crippen LogP contribution in [0.2, 0.25) is 0 Å². The molecule has 1 aliphatic heterocycles. The van der Waals surface area contributed by atoms with Crippen molar-refractivity contribution < 1.29 is 24.3 Å². The molecule has 3 heterocycles. The average Bonchev–Trinajstić information content (AvgIpc) is 3.74. The maximum atomic E-state index is 14.3. The minimum Gasteiger partial charge on any atom is -0.391 e. The first kappa shape index (κ1) is 42.5. The summed E-state index contributed by atoms with van der Waals surface area (Å²) >= 11 is 3.28. The summed E-state index contributed by atoms with van der Waals surface area (Å²) in [5.74, 6) is -0.227. The van der Waals surface area contributed by atoms with Crippen LogP contribution in [-0.2, 0) is 20.9 Å². The molecule has 3 aromatic rings. The number of amides is 4. The molecule has 11 nitrogen and oxygen atoms in total. The zero-order valence-corrected chi connectivity index (χ0v) is 34.2. The summed E-state index contributed by atoms with van der Waals surface area (Å²) in [5, 5.41) is 25.0. The van der Waals surface area contributed by atoms with E-state index in [1.54, 1.807) is 35.8 Å². The van der Waals surface area contributed by atoms with Crippen LogP contribution in [0.1, 0.15) is 95.2 Å². The van der Waals surface area contributed by atoms with Crippen molar-refractivity contribution in [1.82, 2.24) is 31.2 Å². The number of fused-ring (bicyclic) bond motifs is 1. The van der Waals surface area contributed by atoms with E-state index in [0.717, 1.165) is 48.3 Å². The Morgan fingerprint density at radius 1 is 0.855 bits per heavy atom. The second kappa shape index (κ2) is 21.0. The van der Waals surface area contributed by atoms with Gasteiger partial charge in [-0.2, -0.15) is 0 Å². The van der Waals surface area contributed by atoms with Gasteiger partial charge < -0.3 is 26.4 Å². The molecule has 2 aromatic heterocycles. The van der Waals surface area contributed by atoms with Crippen LogP contribution in [0.5, 0.6) is 0 Å². The highest BCUT2D eigenvalue weighted by atomic mass is 32.2. The minimum absolute atomic E-state index is 0.106. The molecule has 13 heteroatoms. The Morgan fingerprint density at radius 2 is 1.58 bits per heavy atom. The number of para-hydroxylation sites is 1. The summed E-state index contributed by atoms with van der Waals surface area (Å²) in [6.07, 6.45) is 7.40. The SMILES string of the molecule is CC[C@@H](C)[C@H](NC(=O)[C@@H](C[C@H](O)[C@H](CC1CCCCC1)NC(=O)[C@@H](NC(=O)c1ccc2ccccc2n1)C1SCCS1)C(C)C)C(=O)NCc1ccccn1. The van der Waals surface area contributed by atoms with Crippen molar-refractivity contribution in [3.8, 4) is 0 Å². The molecule has 5 N–H and O–H groups in total. The highest BCUT2D eigenvalue weighted by Gasteiger charge is 2.38. The first-order valence-electron chi connectivity index (χ1n) is 19.9. The lowest BCUT2D eigenvalue weighted by atomic mass is 9.81. The Bertz CT molecular complexity index is 1720. The molecule has 0 radical (unpaired) electrons. The van der Waals surface area contributed by atoms with Gasteiger partial charge in [-0.3, -0.25) is 24.2 Å². The lowest BCUT2D eigenvalue weighted by molar-refractivity contribution is -0.134. The second-order valence-electron chi connectivity index (χ2n) is 15.4. The molecular formula is C42H58N6O5S2. The molecular weight excluding hydrogens is 733 g/mol. The number of aromatic nitrogens is 2. The van der Waals surface area contributed by atoms with E-state index in [2.05, 4.69) is 31.2 Å². The molecule has 6 atom stereocenters. The summed E-state index contributed by atoms with van der Waals surface area (Å²) in [7, 11) is 0. The van der Waals surface area contributed by atoms with Crippen LogP contribution in [0.25, 0.3) is 10.9 Å². The zero-order chi connectivity index (χ0) is 39.3. The number of aliphatic hydroxyl groups is 1. The number of hydrogen-bond donors (Lipinski definition) is 5. The fourth-order valence-corrected chi connectivity index (χ4v) is 10.4. The molecule has 1 aliphatic carbocycles. The smallest absolute Gasteiger partial charge is 0.270 e. The van der Waals surface area contributed by atoms with E-state index in [-0.39, 0.29) is 52.8 Å². The molecule has 1 saturated carbocycles. The number of benzene rings is 1. The van der Waals surface area contributed by atoms with Crippen molar-refractivity contribution in [2.45, 2.75) is 114 Å². The number of aliphatic hydroxyl groups excluding tert-OH is 1. The van der Waals surface area contributed by atoms with Crippen molar-refractivity contribution in [1.29, 1.82) is 0 Å². The van der Waals surface area contributed by atoms with E-state index in [4.69, 9.17) is 0 Å². The minimum atomic E-state index is -1.04. The highest BCUT2D eigenvalue weighted by molar-refractivity contribution is 8.20. The molecule has 1 aromatic carbocycles. The Morgan fingerprint density at radius 3 is 2.27 bits per heavy atom. The van der Waals surface area contributed by atoms with Gasteiger partial charge in [0.05, 0.1) is 34.5 Å². The Kier molecular flexibility index (Phi) is 16.2. The van der Waals surface area contributed by atoms with Crippen LogP contribution in [0, 0.1) is 23.7 Å². The average molecular weight is 791 g/mol. The number of hydrogen-bond acceptors (Lipinski definition) is 9. The molecule has 1 saturated heterocycles. The molecule has 4 amide bonds. The molecule has 5 rings (SSSR count). The van der Waals surface area contributed by atoms with Gasteiger partial charge in [-0.15, -0.1) is 23.5 Å². The van der Waals surface area contributed by atoms with Crippen LogP contribution >= 0.6 is 23.5 Å². The van der Waals surface area contributed by atoms with Crippen molar-refractivity contribution in [3.63, 3.8) is 0 Å². The molecule has 55 heavy (non-hydrogen) atoms. The van der Waals surface area contributed by atoms with Crippen LogP contribution in [0.4, 0.5) is 0 Å². The number of carbonyl (C=O) groups excluding carboxylic acids is 4. The molecule has 0 unspecified atom stereocenters. The largest absolute Gasteiger partial charge is 0.391 e. The Labute approximate surface area is 334 Å². The van der Waals surface area contributed by atoms with E-state index in [0.29, 0.717) is 24.3 Å². The Balaban J connectivity index is 1.31. The summed E-state index contributed by atoms with van der Waals surface area (Å²) in [6.45, 7) is 8.04. The summed E-state index contributed by atoms with van der Waals surface area (Å²) in [6, 6.07) is 14.3. The van der Waals surface area contributed by atoms with E-state index in [9.17, 15) is 24.3 Å². The molecule has 2 fully saturated rings. The van der Waals surface area contributed by atoms with E-state index in [1.807, 2.05) is 76.2 Å². The van der Waals surface area contributed by atoms with Gasteiger partial charge in [0.15, 0.2) is 0 Å². The third kappa shape index (κ3) is 12.2. The van der Waals surface area contributed by atoms with E-state index >= 15 is 0 Å². The first-order valence-corrected chi connectivity index (χ1v) is 22.0. The fraction of sp³-hybridized carbons (Fsp3) is 0.571. The van der Waals surface area contributed by atoms with Gasteiger partial charge in [0.1, 0.15) is 17.8 Å². The quantitative estimate of drug-likeness (QED) is 0.106. The van der Waals surface area contributed by atoms with Crippen molar-refractivity contribution in [2.75, 3.05) is 11.5 Å². The van der Waals surface area contributed by atoms with E-state index in [1.165, 1.54) is 6.42 Å². The third-order valence-corrected chi connectivity index (χ3v) is 14.2. The van der Waals surface area contributed by atoms with Gasteiger partial charge in [0.25, 0.3) is 5.91 Å². The van der Waals surface area contributed by atoms with Crippen molar-refractivity contribution in [3.05, 3.63) is 72.2 Å². The van der Waals surface area contributed by atoms with Crippen LogP contribution in [0.15, 0.2) is 60.8 Å². The van der Waals surface area contributed by atoms with Gasteiger partial charge in [-0.05, 0) is 54.9 Å². The van der Waals surface area contributed by atoms with Gasteiger partial charge in [0, 0.05) is 29.0 Å². The number of carbonyl (C=O) groups is 4. The lowest BCUT2D eigenvalue weighted by Gasteiger charge is -2.34. The predicted octanol–water partition coefficient (Wildman–Crippen LogP) is 5.86. The fourth-order valence-electron chi connectivity index (χ4n) is 7.46. The molecule has 0 bridgehead atoms. The summed E-state index contributed by atoms with van der Waals surface area (Å²) < 4.78 is -0.202. The van der Waals surface area contributed by atoms with Gasteiger partial charge >= 0.3 is 0 Å².